The van der Waals surface area contributed by atoms with E-state index in [4.69, 9.17) is 11.6 Å². The third kappa shape index (κ3) is 2.87. The average molecular weight is 288 g/mol. The molecule has 0 amide bonds. The van der Waals surface area contributed by atoms with Crippen molar-refractivity contribution in [2.24, 2.45) is 0 Å². The molecule has 0 aliphatic carbocycles. The Morgan fingerprint density at radius 2 is 1.74 bits per heavy atom. The summed E-state index contributed by atoms with van der Waals surface area (Å²) >= 11 is 5.67. The Labute approximate surface area is 110 Å². The molecular formula is C11H5ClF3N3O. The summed E-state index contributed by atoms with van der Waals surface area (Å²) in [6.07, 6.45) is -0.912. The van der Waals surface area contributed by atoms with Crippen molar-refractivity contribution >= 4 is 17.9 Å². The molecule has 0 N–H and O–H groups in total. The highest BCUT2D eigenvalue weighted by Gasteiger charge is 2.34. The number of rotatable bonds is 2. The number of carbonyl (C=O) groups excluding carboxylic acids is 1. The summed E-state index contributed by atoms with van der Waals surface area (Å²) < 4.78 is 36.9. The monoisotopic (exact) mass is 287 g/mol. The Kier molecular flexibility index (Phi) is 3.48. The zero-order valence-electron chi connectivity index (χ0n) is 9.15. The molecule has 2 rings (SSSR count). The molecule has 19 heavy (non-hydrogen) atoms. The molecule has 98 valence electrons. The van der Waals surface area contributed by atoms with E-state index in [0.717, 1.165) is 12.4 Å². The Bertz CT molecular complexity index is 614. The highest BCUT2D eigenvalue weighted by molar-refractivity contribution is 6.30. The van der Waals surface area contributed by atoms with Gasteiger partial charge in [-0.3, -0.25) is 9.78 Å². The Morgan fingerprint density at radius 3 is 2.26 bits per heavy atom. The van der Waals surface area contributed by atoms with Gasteiger partial charge in [-0.1, -0.05) is 11.6 Å². The number of carbonyl (C=O) groups is 1. The van der Waals surface area contributed by atoms with Crippen LogP contribution in [0.1, 0.15) is 16.2 Å². The SMILES string of the molecule is O=Cc1cc(Cl)cnc1-c1cnc(C(F)(F)F)nc1. The van der Waals surface area contributed by atoms with E-state index in [9.17, 15) is 18.0 Å². The average Bonchev–Trinajstić information content (AvgIpc) is 2.37. The fourth-order valence-corrected chi connectivity index (χ4v) is 1.55. The van der Waals surface area contributed by atoms with Crippen LogP contribution in [0.2, 0.25) is 5.02 Å². The summed E-state index contributed by atoms with van der Waals surface area (Å²) in [5.74, 6) is -1.25. The molecule has 0 unspecified atom stereocenters. The second-order valence-corrected chi connectivity index (χ2v) is 3.94. The number of pyridine rings is 1. The second-order valence-electron chi connectivity index (χ2n) is 3.50. The predicted molar refractivity (Wildman–Crippen MR) is 60.7 cm³/mol. The van der Waals surface area contributed by atoms with E-state index in [1.54, 1.807) is 0 Å². The van der Waals surface area contributed by atoms with E-state index in [2.05, 4.69) is 15.0 Å². The summed E-state index contributed by atoms with van der Waals surface area (Å²) in [6, 6.07) is 1.36. The van der Waals surface area contributed by atoms with Crippen LogP contribution in [-0.4, -0.2) is 21.2 Å². The van der Waals surface area contributed by atoms with Crippen LogP contribution in [0, 0.1) is 0 Å². The lowest BCUT2D eigenvalue weighted by Crippen LogP contribution is -2.10. The fraction of sp³-hybridized carbons (Fsp3) is 0.0909. The number of aromatic nitrogens is 3. The third-order valence-corrected chi connectivity index (χ3v) is 2.40. The van der Waals surface area contributed by atoms with Gasteiger partial charge in [0.2, 0.25) is 5.82 Å². The number of alkyl halides is 3. The van der Waals surface area contributed by atoms with Gasteiger partial charge in [0, 0.05) is 29.7 Å². The number of hydrogen-bond acceptors (Lipinski definition) is 4. The molecule has 0 radical (unpaired) electrons. The van der Waals surface area contributed by atoms with E-state index >= 15 is 0 Å². The topological polar surface area (TPSA) is 55.7 Å². The molecule has 0 aliphatic heterocycles. The predicted octanol–water partition coefficient (Wildman–Crippen LogP) is 3.02. The standard InChI is InChI=1S/C11H5ClF3N3O/c12-8-1-6(5-19)9(16-4-8)7-2-17-10(18-3-7)11(13,14)15/h1-5H. The molecule has 0 spiro atoms. The number of aldehydes is 1. The van der Waals surface area contributed by atoms with Crippen molar-refractivity contribution in [2.75, 3.05) is 0 Å². The summed E-state index contributed by atoms with van der Waals surface area (Å²) in [5, 5.41) is 0.249. The number of hydrogen-bond donors (Lipinski definition) is 0. The molecule has 0 bridgehead atoms. The molecule has 0 aromatic carbocycles. The second kappa shape index (κ2) is 4.93. The van der Waals surface area contributed by atoms with Gasteiger partial charge >= 0.3 is 6.18 Å². The quantitative estimate of drug-likeness (QED) is 0.797. The first-order valence-corrected chi connectivity index (χ1v) is 5.30. The van der Waals surface area contributed by atoms with Crippen LogP contribution in [-0.2, 0) is 6.18 Å². The van der Waals surface area contributed by atoms with Gasteiger partial charge in [0.1, 0.15) is 0 Å². The zero-order chi connectivity index (χ0) is 14.0. The van der Waals surface area contributed by atoms with Crippen molar-refractivity contribution in [2.45, 2.75) is 6.18 Å². The first kappa shape index (κ1) is 13.4. The molecule has 8 heteroatoms. The van der Waals surface area contributed by atoms with Crippen molar-refractivity contribution in [1.29, 1.82) is 0 Å². The van der Waals surface area contributed by atoms with Crippen molar-refractivity contribution in [3.63, 3.8) is 0 Å². The maximum Gasteiger partial charge on any atom is 0.451 e. The van der Waals surface area contributed by atoms with Gasteiger partial charge in [-0.2, -0.15) is 13.2 Å². The van der Waals surface area contributed by atoms with Crippen molar-refractivity contribution in [3.05, 3.63) is 41.1 Å². The van der Waals surface area contributed by atoms with Crippen LogP contribution < -0.4 is 0 Å². The van der Waals surface area contributed by atoms with Gasteiger partial charge in [0.25, 0.3) is 0 Å². The molecule has 2 aromatic heterocycles. The number of halogens is 4. The van der Waals surface area contributed by atoms with Crippen molar-refractivity contribution in [3.8, 4) is 11.3 Å². The van der Waals surface area contributed by atoms with E-state index in [-0.39, 0.29) is 21.8 Å². The van der Waals surface area contributed by atoms with Crippen LogP contribution in [0.25, 0.3) is 11.3 Å². The molecule has 0 fully saturated rings. The minimum Gasteiger partial charge on any atom is -0.298 e. The fourth-order valence-electron chi connectivity index (χ4n) is 1.38. The van der Waals surface area contributed by atoms with Crippen LogP contribution in [0.4, 0.5) is 13.2 Å². The van der Waals surface area contributed by atoms with Gasteiger partial charge in [-0.05, 0) is 6.07 Å². The third-order valence-electron chi connectivity index (χ3n) is 2.19. The highest BCUT2D eigenvalue weighted by Crippen LogP contribution is 2.27. The van der Waals surface area contributed by atoms with Crippen molar-refractivity contribution < 1.29 is 18.0 Å². The van der Waals surface area contributed by atoms with E-state index in [0.29, 0.717) is 6.29 Å². The van der Waals surface area contributed by atoms with Gasteiger partial charge in [0.15, 0.2) is 6.29 Å². The first-order valence-electron chi connectivity index (χ1n) is 4.92. The minimum atomic E-state index is -4.61. The van der Waals surface area contributed by atoms with Crippen molar-refractivity contribution in [1.82, 2.24) is 15.0 Å². The first-order chi connectivity index (χ1) is 8.91. The van der Waals surface area contributed by atoms with E-state index < -0.39 is 12.0 Å². The van der Waals surface area contributed by atoms with Crippen LogP contribution in [0.15, 0.2) is 24.7 Å². The Hall–Kier alpha value is -2.02. The summed E-state index contributed by atoms with van der Waals surface area (Å²) in [4.78, 5) is 21.1. The molecular weight excluding hydrogens is 283 g/mol. The lowest BCUT2D eigenvalue weighted by atomic mass is 10.1. The maximum atomic E-state index is 12.3. The van der Waals surface area contributed by atoms with Gasteiger partial charge in [-0.25, -0.2) is 9.97 Å². The zero-order valence-corrected chi connectivity index (χ0v) is 9.90. The Balaban J connectivity index is 2.46. The molecule has 0 aliphatic rings. The lowest BCUT2D eigenvalue weighted by Gasteiger charge is -2.06. The normalized spacial score (nSPS) is 11.4. The molecule has 2 aromatic rings. The summed E-state index contributed by atoms with van der Waals surface area (Å²) in [5.41, 5.74) is 0.524. The summed E-state index contributed by atoms with van der Waals surface area (Å²) in [6.45, 7) is 0. The summed E-state index contributed by atoms with van der Waals surface area (Å²) in [7, 11) is 0. The molecule has 0 saturated heterocycles. The molecule has 0 saturated carbocycles. The van der Waals surface area contributed by atoms with Gasteiger partial charge < -0.3 is 0 Å². The molecule has 4 nitrogen and oxygen atoms in total. The van der Waals surface area contributed by atoms with E-state index in [1.165, 1.54) is 12.3 Å². The van der Waals surface area contributed by atoms with Gasteiger partial charge in [-0.15, -0.1) is 0 Å². The van der Waals surface area contributed by atoms with Crippen LogP contribution >= 0.6 is 11.6 Å². The maximum absolute atomic E-state index is 12.3. The lowest BCUT2D eigenvalue weighted by molar-refractivity contribution is -0.144. The van der Waals surface area contributed by atoms with Crippen LogP contribution in [0.5, 0.6) is 0 Å². The molecule has 2 heterocycles. The molecule has 0 atom stereocenters. The highest BCUT2D eigenvalue weighted by atomic mass is 35.5. The smallest absolute Gasteiger partial charge is 0.298 e. The largest absolute Gasteiger partial charge is 0.451 e. The number of nitrogens with zero attached hydrogens (tertiary/aromatic N) is 3. The Morgan fingerprint density at radius 1 is 1.11 bits per heavy atom. The van der Waals surface area contributed by atoms with Crippen LogP contribution in [0.3, 0.4) is 0 Å². The van der Waals surface area contributed by atoms with Gasteiger partial charge in [0.05, 0.1) is 10.7 Å². The minimum absolute atomic E-state index is 0.149. The van der Waals surface area contributed by atoms with E-state index in [1.807, 2.05) is 0 Å².